The molecule has 2 rings (SSSR count). The lowest BCUT2D eigenvalue weighted by atomic mass is 9.89. The van der Waals surface area contributed by atoms with Crippen molar-refractivity contribution in [2.24, 2.45) is 0 Å². The van der Waals surface area contributed by atoms with Gasteiger partial charge in [-0.15, -0.1) is 0 Å². The highest BCUT2D eigenvalue weighted by atomic mass is 19.1. The molecule has 0 saturated heterocycles. The molecule has 0 amide bonds. The summed E-state index contributed by atoms with van der Waals surface area (Å²) < 4.78 is 13.3. The lowest BCUT2D eigenvalue weighted by Gasteiger charge is -2.19. The molecule has 1 atom stereocenters. The summed E-state index contributed by atoms with van der Waals surface area (Å²) in [5.41, 5.74) is 3.38. The van der Waals surface area contributed by atoms with E-state index in [9.17, 15) is 4.39 Å². The van der Waals surface area contributed by atoms with Crippen molar-refractivity contribution in [1.29, 1.82) is 0 Å². The minimum Gasteiger partial charge on any atom is -0.242 e. The van der Waals surface area contributed by atoms with Crippen LogP contribution in [0.4, 0.5) is 4.39 Å². The molecule has 1 aromatic rings. The second kappa shape index (κ2) is 2.89. The first-order valence-corrected chi connectivity index (χ1v) is 4.51. The van der Waals surface area contributed by atoms with E-state index in [0.29, 0.717) is 6.42 Å². The van der Waals surface area contributed by atoms with Crippen LogP contribution in [-0.2, 0) is 6.42 Å². The summed E-state index contributed by atoms with van der Waals surface area (Å²) in [6.07, 6.45) is 2.04. The summed E-state index contributed by atoms with van der Waals surface area (Å²) in [6.45, 7) is 2.06. The van der Waals surface area contributed by atoms with E-state index in [1.165, 1.54) is 11.1 Å². The summed E-state index contributed by atoms with van der Waals surface area (Å²) in [6, 6.07) is 6.05. The van der Waals surface area contributed by atoms with Crippen LogP contribution >= 0.6 is 0 Å². The molecule has 1 aliphatic rings. The number of hydrogen-bond donors (Lipinski definition) is 0. The minimum absolute atomic E-state index is 0.704. The maximum atomic E-state index is 13.3. The molecule has 0 bridgehead atoms. The number of halogens is 1. The Kier molecular flexibility index (Phi) is 1.87. The molecule has 0 heterocycles. The summed E-state index contributed by atoms with van der Waals surface area (Å²) in [4.78, 5) is 0. The van der Waals surface area contributed by atoms with E-state index in [1.54, 1.807) is 0 Å². The third-order valence-corrected chi connectivity index (χ3v) is 2.54. The third kappa shape index (κ3) is 1.24. The highest BCUT2D eigenvalue weighted by molar-refractivity contribution is 5.34. The number of fused-ring (bicyclic) bond motifs is 1. The molecule has 1 heteroatoms. The lowest BCUT2D eigenvalue weighted by molar-refractivity contribution is 0.302. The molecule has 0 nitrogen and oxygen atoms in total. The van der Waals surface area contributed by atoms with Gasteiger partial charge in [-0.05, 0) is 37.3 Å². The molecule has 1 unspecified atom stereocenters. The Balaban J connectivity index is 2.46. The molecule has 0 spiro atoms. The van der Waals surface area contributed by atoms with Gasteiger partial charge >= 0.3 is 0 Å². The van der Waals surface area contributed by atoms with E-state index in [4.69, 9.17) is 0 Å². The van der Waals surface area contributed by atoms with Crippen molar-refractivity contribution in [3.63, 3.8) is 0 Å². The van der Waals surface area contributed by atoms with Gasteiger partial charge in [0.15, 0.2) is 0 Å². The van der Waals surface area contributed by atoms with Crippen LogP contribution in [0.25, 0.3) is 0 Å². The van der Waals surface area contributed by atoms with E-state index >= 15 is 0 Å². The van der Waals surface area contributed by atoms with Crippen molar-refractivity contribution >= 4 is 0 Å². The van der Waals surface area contributed by atoms with Crippen molar-refractivity contribution < 1.29 is 4.39 Å². The van der Waals surface area contributed by atoms with Crippen LogP contribution in [0.2, 0.25) is 0 Å². The Morgan fingerprint density at radius 3 is 3.08 bits per heavy atom. The summed E-state index contributed by atoms with van der Waals surface area (Å²) >= 11 is 0. The van der Waals surface area contributed by atoms with Crippen molar-refractivity contribution in [2.45, 2.75) is 32.4 Å². The molecular formula is C11H13F. The van der Waals surface area contributed by atoms with Gasteiger partial charge in [0, 0.05) is 0 Å². The topological polar surface area (TPSA) is 0 Å². The maximum Gasteiger partial charge on any atom is 0.125 e. The zero-order valence-electron chi connectivity index (χ0n) is 7.31. The van der Waals surface area contributed by atoms with Crippen molar-refractivity contribution in [2.75, 3.05) is 0 Å². The van der Waals surface area contributed by atoms with Gasteiger partial charge in [0.25, 0.3) is 0 Å². The van der Waals surface area contributed by atoms with Crippen LogP contribution in [0.1, 0.15) is 35.7 Å². The Morgan fingerprint density at radius 1 is 1.42 bits per heavy atom. The average Bonchev–Trinajstić information content (AvgIpc) is 2.04. The standard InChI is InChI=1S/C11H13F/c1-8-5-6-10-9(7-8)3-2-4-11(10)12/h5-7,11H,2-4H2,1H3. The first-order valence-electron chi connectivity index (χ1n) is 4.51. The fourth-order valence-corrected chi connectivity index (χ4v) is 1.88. The molecule has 0 radical (unpaired) electrons. The zero-order chi connectivity index (χ0) is 8.55. The molecule has 0 saturated carbocycles. The summed E-state index contributed by atoms with van der Waals surface area (Å²) in [7, 11) is 0. The quantitative estimate of drug-likeness (QED) is 0.551. The molecule has 0 aromatic heterocycles. The van der Waals surface area contributed by atoms with Crippen molar-refractivity contribution in [3.8, 4) is 0 Å². The SMILES string of the molecule is Cc1ccc2c(c1)CCCC2F. The van der Waals surface area contributed by atoms with E-state index in [0.717, 1.165) is 18.4 Å². The minimum atomic E-state index is -0.714. The molecule has 64 valence electrons. The van der Waals surface area contributed by atoms with Gasteiger partial charge in [-0.2, -0.15) is 0 Å². The number of alkyl halides is 1. The Labute approximate surface area is 72.4 Å². The Morgan fingerprint density at radius 2 is 2.25 bits per heavy atom. The fraction of sp³-hybridized carbons (Fsp3) is 0.455. The van der Waals surface area contributed by atoms with Gasteiger partial charge in [0.1, 0.15) is 6.17 Å². The van der Waals surface area contributed by atoms with E-state index in [1.807, 2.05) is 12.1 Å². The number of aryl methyl sites for hydroxylation is 2. The van der Waals surface area contributed by atoms with Gasteiger partial charge in [0.2, 0.25) is 0 Å². The first-order chi connectivity index (χ1) is 5.77. The van der Waals surface area contributed by atoms with Gasteiger partial charge in [-0.25, -0.2) is 4.39 Å². The Hall–Kier alpha value is -0.850. The highest BCUT2D eigenvalue weighted by Gasteiger charge is 2.18. The number of rotatable bonds is 0. The molecule has 1 aliphatic carbocycles. The molecule has 0 N–H and O–H groups in total. The summed E-state index contributed by atoms with van der Waals surface area (Å²) in [5, 5.41) is 0. The average molecular weight is 164 g/mol. The maximum absolute atomic E-state index is 13.3. The molecule has 1 aromatic carbocycles. The predicted molar refractivity (Wildman–Crippen MR) is 48.0 cm³/mol. The molecule has 0 aliphatic heterocycles. The highest BCUT2D eigenvalue weighted by Crippen LogP contribution is 2.32. The smallest absolute Gasteiger partial charge is 0.125 e. The third-order valence-electron chi connectivity index (χ3n) is 2.54. The zero-order valence-corrected chi connectivity index (χ0v) is 7.31. The lowest BCUT2D eigenvalue weighted by Crippen LogP contribution is -2.05. The predicted octanol–water partition coefficient (Wildman–Crippen LogP) is 3.34. The number of benzene rings is 1. The van der Waals surface area contributed by atoms with Crippen molar-refractivity contribution in [3.05, 3.63) is 34.9 Å². The van der Waals surface area contributed by atoms with Crippen LogP contribution in [-0.4, -0.2) is 0 Å². The molecular weight excluding hydrogens is 151 g/mol. The van der Waals surface area contributed by atoms with Gasteiger partial charge in [-0.1, -0.05) is 23.8 Å². The molecule has 0 fully saturated rings. The van der Waals surface area contributed by atoms with Gasteiger partial charge in [-0.3, -0.25) is 0 Å². The van der Waals surface area contributed by atoms with Crippen molar-refractivity contribution in [1.82, 2.24) is 0 Å². The fourth-order valence-electron chi connectivity index (χ4n) is 1.88. The normalized spacial score (nSPS) is 22.0. The van der Waals surface area contributed by atoms with Crippen LogP contribution < -0.4 is 0 Å². The van der Waals surface area contributed by atoms with Crippen LogP contribution in [0, 0.1) is 6.92 Å². The first kappa shape index (κ1) is 7.78. The largest absolute Gasteiger partial charge is 0.242 e. The second-order valence-corrected chi connectivity index (χ2v) is 3.56. The molecule has 12 heavy (non-hydrogen) atoms. The second-order valence-electron chi connectivity index (χ2n) is 3.56. The van der Waals surface area contributed by atoms with Crippen LogP contribution in [0.15, 0.2) is 18.2 Å². The van der Waals surface area contributed by atoms with Crippen LogP contribution in [0.5, 0.6) is 0 Å². The summed E-state index contributed by atoms with van der Waals surface area (Å²) in [5.74, 6) is 0. The Bertz CT molecular complexity index is 291. The van der Waals surface area contributed by atoms with Gasteiger partial charge in [0.05, 0.1) is 0 Å². The van der Waals surface area contributed by atoms with E-state index < -0.39 is 6.17 Å². The van der Waals surface area contributed by atoms with Gasteiger partial charge < -0.3 is 0 Å². The van der Waals surface area contributed by atoms with Crippen LogP contribution in [0.3, 0.4) is 0 Å². The van der Waals surface area contributed by atoms with E-state index in [2.05, 4.69) is 13.0 Å². The monoisotopic (exact) mass is 164 g/mol. The number of hydrogen-bond acceptors (Lipinski definition) is 0. The van der Waals surface area contributed by atoms with E-state index in [-0.39, 0.29) is 0 Å².